The Bertz CT molecular complexity index is 755. The van der Waals surface area contributed by atoms with Crippen LogP contribution in [-0.2, 0) is 23.0 Å². The number of hydrogen-bond donors (Lipinski definition) is 2. The molecule has 0 radical (unpaired) electrons. The fourth-order valence-corrected chi connectivity index (χ4v) is 5.07. The van der Waals surface area contributed by atoms with Crippen LogP contribution in [0.5, 0.6) is 0 Å². The Labute approximate surface area is 156 Å². The van der Waals surface area contributed by atoms with Gasteiger partial charge in [0, 0.05) is 25.2 Å². The van der Waals surface area contributed by atoms with E-state index in [1.807, 2.05) is 6.07 Å². The third-order valence-corrected chi connectivity index (χ3v) is 6.77. The van der Waals surface area contributed by atoms with E-state index in [0.29, 0.717) is 13.1 Å². The molecule has 7 heteroatoms. The van der Waals surface area contributed by atoms with Crippen LogP contribution in [0.2, 0.25) is 0 Å². The van der Waals surface area contributed by atoms with Crippen molar-refractivity contribution in [2.45, 2.75) is 75.9 Å². The molecule has 1 aliphatic carbocycles. The number of nitrogens with zero attached hydrogens (tertiary/aromatic N) is 1. The van der Waals surface area contributed by atoms with E-state index in [4.69, 9.17) is 0 Å². The molecule has 26 heavy (non-hydrogen) atoms. The number of fused-ring (bicyclic) bond motifs is 1. The molecule has 0 saturated heterocycles. The second-order valence-corrected chi connectivity index (χ2v) is 9.38. The SMILES string of the molecule is CC(C)NS(=O)(=O)c1ccc2c(c1)CN(C(=O)NC1CCCCC1)CC2. The van der Waals surface area contributed by atoms with Crippen LogP contribution >= 0.6 is 0 Å². The van der Waals surface area contributed by atoms with Crippen molar-refractivity contribution in [3.8, 4) is 0 Å². The molecule has 6 nitrogen and oxygen atoms in total. The number of carbonyl (C=O) groups excluding carboxylic acids is 1. The predicted octanol–water partition coefficient (Wildman–Crippen LogP) is 2.77. The second kappa shape index (κ2) is 7.96. The van der Waals surface area contributed by atoms with Crippen molar-refractivity contribution in [2.75, 3.05) is 6.54 Å². The average Bonchev–Trinajstić information content (AvgIpc) is 2.60. The van der Waals surface area contributed by atoms with Crippen molar-refractivity contribution in [3.05, 3.63) is 29.3 Å². The van der Waals surface area contributed by atoms with Crippen LogP contribution < -0.4 is 10.0 Å². The van der Waals surface area contributed by atoms with Gasteiger partial charge in [-0.1, -0.05) is 25.3 Å². The Kier molecular flexibility index (Phi) is 5.87. The highest BCUT2D eigenvalue weighted by Gasteiger charge is 2.25. The van der Waals surface area contributed by atoms with Crippen LogP contribution in [0.1, 0.15) is 57.1 Å². The van der Waals surface area contributed by atoms with Crippen LogP contribution in [0.3, 0.4) is 0 Å². The lowest BCUT2D eigenvalue weighted by Crippen LogP contribution is -2.47. The van der Waals surface area contributed by atoms with Crippen molar-refractivity contribution in [3.63, 3.8) is 0 Å². The van der Waals surface area contributed by atoms with E-state index in [2.05, 4.69) is 10.0 Å². The molecular formula is C19H29N3O3S. The molecule has 1 saturated carbocycles. The molecule has 3 rings (SSSR count). The van der Waals surface area contributed by atoms with Gasteiger partial charge in [0.25, 0.3) is 0 Å². The number of sulfonamides is 1. The molecule has 144 valence electrons. The van der Waals surface area contributed by atoms with E-state index in [0.717, 1.165) is 30.4 Å². The minimum Gasteiger partial charge on any atom is -0.335 e. The Morgan fingerprint density at radius 1 is 1.15 bits per heavy atom. The van der Waals surface area contributed by atoms with Crippen LogP contribution in [0, 0.1) is 0 Å². The zero-order valence-corrected chi connectivity index (χ0v) is 16.4. The summed E-state index contributed by atoms with van der Waals surface area (Å²) in [7, 11) is -3.52. The molecule has 0 spiro atoms. The van der Waals surface area contributed by atoms with Crippen LogP contribution in [0.4, 0.5) is 4.79 Å². The number of rotatable bonds is 4. The van der Waals surface area contributed by atoms with Crippen molar-refractivity contribution in [1.82, 2.24) is 14.9 Å². The Hall–Kier alpha value is -1.60. The van der Waals surface area contributed by atoms with Crippen LogP contribution in [0.15, 0.2) is 23.1 Å². The highest BCUT2D eigenvalue weighted by molar-refractivity contribution is 7.89. The standard InChI is InChI=1S/C19H29N3O3S/c1-14(2)21-26(24,25)18-9-8-15-10-11-22(13-16(15)12-18)19(23)20-17-6-4-3-5-7-17/h8-9,12,14,17,21H,3-7,10-11,13H2,1-2H3,(H,20,23). The molecule has 0 aromatic heterocycles. The molecule has 2 amide bonds. The smallest absolute Gasteiger partial charge is 0.317 e. The monoisotopic (exact) mass is 379 g/mol. The number of benzene rings is 1. The topological polar surface area (TPSA) is 78.5 Å². The Balaban J connectivity index is 1.70. The number of hydrogen-bond acceptors (Lipinski definition) is 3. The summed E-state index contributed by atoms with van der Waals surface area (Å²) >= 11 is 0. The van der Waals surface area contributed by atoms with E-state index in [9.17, 15) is 13.2 Å². The molecule has 0 bridgehead atoms. The highest BCUT2D eigenvalue weighted by Crippen LogP contribution is 2.23. The van der Waals surface area contributed by atoms with Gasteiger partial charge in [-0.3, -0.25) is 0 Å². The zero-order valence-electron chi connectivity index (χ0n) is 15.6. The third-order valence-electron chi connectivity index (χ3n) is 5.11. The molecule has 2 aliphatic rings. The Morgan fingerprint density at radius 3 is 2.58 bits per heavy atom. The maximum absolute atomic E-state index is 12.6. The lowest BCUT2D eigenvalue weighted by atomic mass is 9.95. The highest BCUT2D eigenvalue weighted by atomic mass is 32.2. The first kappa shape index (κ1) is 19.2. The van der Waals surface area contributed by atoms with Gasteiger partial charge in [-0.05, 0) is 56.4 Å². The first-order chi connectivity index (χ1) is 12.3. The summed E-state index contributed by atoms with van der Waals surface area (Å²) < 4.78 is 27.4. The normalized spacial score (nSPS) is 18.7. The summed E-state index contributed by atoms with van der Waals surface area (Å²) in [4.78, 5) is 14.6. The summed E-state index contributed by atoms with van der Waals surface area (Å²) in [6.45, 7) is 4.72. The van der Waals surface area contributed by atoms with Gasteiger partial charge in [0.2, 0.25) is 10.0 Å². The van der Waals surface area contributed by atoms with Gasteiger partial charge in [0.15, 0.2) is 0 Å². The summed E-state index contributed by atoms with van der Waals surface area (Å²) in [5.74, 6) is 0. The van der Waals surface area contributed by atoms with Gasteiger partial charge in [0.1, 0.15) is 0 Å². The van der Waals surface area contributed by atoms with Gasteiger partial charge < -0.3 is 10.2 Å². The molecule has 0 atom stereocenters. The van der Waals surface area contributed by atoms with E-state index < -0.39 is 10.0 Å². The first-order valence-corrected chi connectivity index (χ1v) is 11.0. The number of carbonyl (C=O) groups is 1. The minimum absolute atomic E-state index is 0.0314. The maximum atomic E-state index is 12.6. The zero-order chi connectivity index (χ0) is 18.7. The quantitative estimate of drug-likeness (QED) is 0.844. The lowest BCUT2D eigenvalue weighted by molar-refractivity contribution is 0.184. The van der Waals surface area contributed by atoms with Crippen molar-refractivity contribution in [2.24, 2.45) is 0 Å². The van der Waals surface area contributed by atoms with E-state index in [1.54, 1.807) is 30.9 Å². The molecule has 1 aromatic carbocycles. The summed E-state index contributed by atoms with van der Waals surface area (Å²) in [6.07, 6.45) is 6.48. The van der Waals surface area contributed by atoms with Gasteiger partial charge in [0.05, 0.1) is 4.90 Å². The van der Waals surface area contributed by atoms with Crippen LogP contribution in [0.25, 0.3) is 0 Å². The molecule has 2 N–H and O–H groups in total. The fourth-order valence-electron chi connectivity index (χ4n) is 3.77. The Morgan fingerprint density at radius 2 is 1.88 bits per heavy atom. The van der Waals surface area contributed by atoms with E-state index in [1.165, 1.54) is 19.3 Å². The molecule has 1 aliphatic heterocycles. The van der Waals surface area contributed by atoms with Crippen LogP contribution in [-0.4, -0.2) is 38.0 Å². The molecular weight excluding hydrogens is 350 g/mol. The molecule has 1 fully saturated rings. The number of nitrogens with one attached hydrogen (secondary N) is 2. The van der Waals surface area contributed by atoms with Gasteiger partial charge in [-0.2, -0.15) is 0 Å². The van der Waals surface area contributed by atoms with Gasteiger partial charge in [-0.15, -0.1) is 0 Å². The van der Waals surface area contributed by atoms with Crippen molar-refractivity contribution < 1.29 is 13.2 Å². The van der Waals surface area contributed by atoms with Crippen molar-refractivity contribution >= 4 is 16.1 Å². The third kappa shape index (κ3) is 4.57. The van der Waals surface area contributed by atoms with Gasteiger partial charge in [-0.25, -0.2) is 17.9 Å². The van der Waals surface area contributed by atoms with E-state index in [-0.39, 0.29) is 23.0 Å². The second-order valence-electron chi connectivity index (χ2n) is 7.66. The molecule has 0 unspecified atom stereocenters. The fraction of sp³-hybridized carbons (Fsp3) is 0.632. The molecule has 1 heterocycles. The molecule has 1 aromatic rings. The number of amides is 2. The first-order valence-electron chi connectivity index (χ1n) is 9.55. The minimum atomic E-state index is -3.52. The average molecular weight is 380 g/mol. The van der Waals surface area contributed by atoms with Gasteiger partial charge >= 0.3 is 6.03 Å². The number of urea groups is 1. The van der Waals surface area contributed by atoms with Crippen molar-refractivity contribution in [1.29, 1.82) is 0 Å². The summed E-state index contributed by atoms with van der Waals surface area (Å²) in [6, 6.07) is 5.33. The predicted molar refractivity (Wildman–Crippen MR) is 101 cm³/mol. The lowest BCUT2D eigenvalue weighted by Gasteiger charge is -2.32. The van der Waals surface area contributed by atoms with E-state index >= 15 is 0 Å². The largest absolute Gasteiger partial charge is 0.335 e. The summed E-state index contributed by atoms with van der Waals surface area (Å²) in [5.41, 5.74) is 2.04. The summed E-state index contributed by atoms with van der Waals surface area (Å²) in [5, 5.41) is 3.15. The maximum Gasteiger partial charge on any atom is 0.317 e.